The Kier molecular flexibility index (Phi) is 5.16. The molecule has 1 N–H and O–H groups in total. The van der Waals surface area contributed by atoms with E-state index in [1.54, 1.807) is 12.1 Å². The molecule has 1 atom stereocenters. The third-order valence-electron chi connectivity index (χ3n) is 3.55. The first-order chi connectivity index (χ1) is 9.16. The minimum atomic E-state index is -0.115. The quantitative estimate of drug-likeness (QED) is 0.926. The van der Waals surface area contributed by atoms with Crippen molar-refractivity contribution in [2.45, 2.75) is 38.6 Å². The van der Waals surface area contributed by atoms with Gasteiger partial charge in [-0.05, 0) is 45.0 Å². The number of nitrogens with one attached hydrogen (secondary N) is 1. The molecule has 1 aromatic rings. The van der Waals surface area contributed by atoms with E-state index in [-0.39, 0.29) is 11.9 Å². The number of likely N-dealkylation sites (tertiary alicyclic amines) is 1. The molecule has 2 rings (SSSR count). The Hall–Kier alpha value is -1.13. The SMILES string of the molecule is C[C@@H](C(=O)Nc1ccc(Cl)cn1)N1CCCCCC1. The van der Waals surface area contributed by atoms with Crippen molar-refractivity contribution in [2.24, 2.45) is 0 Å². The van der Waals surface area contributed by atoms with Crippen LogP contribution in [0.1, 0.15) is 32.6 Å². The van der Waals surface area contributed by atoms with E-state index in [0.717, 1.165) is 13.1 Å². The highest BCUT2D eigenvalue weighted by Crippen LogP contribution is 2.14. The van der Waals surface area contributed by atoms with Gasteiger partial charge in [0, 0.05) is 6.20 Å². The highest BCUT2D eigenvalue weighted by molar-refractivity contribution is 6.30. The van der Waals surface area contributed by atoms with Crippen LogP contribution >= 0.6 is 11.6 Å². The maximum Gasteiger partial charge on any atom is 0.242 e. The van der Waals surface area contributed by atoms with Gasteiger partial charge in [0.2, 0.25) is 5.91 Å². The van der Waals surface area contributed by atoms with Crippen molar-refractivity contribution in [3.05, 3.63) is 23.4 Å². The lowest BCUT2D eigenvalue weighted by Gasteiger charge is -2.26. The topological polar surface area (TPSA) is 45.2 Å². The van der Waals surface area contributed by atoms with E-state index in [2.05, 4.69) is 15.2 Å². The summed E-state index contributed by atoms with van der Waals surface area (Å²) in [6.07, 6.45) is 6.43. The molecule has 2 heterocycles. The van der Waals surface area contributed by atoms with Gasteiger partial charge in [-0.3, -0.25) is 9.69 Å². The van der Waals surface area contributed by atoms with Gasteiger partial charge in [0.15, 0.2) is 0 Å². The van der Waals surface area contributed by atoms with Crippen LogP contribution in [0.15, 0.2) is 18.3 Å². The molecular weight excluding hydrogens is 262 g/mol. The summed E-state index contributed by atoms with van der Waals surface area (Å²) in [6, 6.07) is 3.33. The summed E-state index contributed by atoms with van der Waals surface area (Å²) < 4.78 is 0. The molecule has 0 spiro atoms. The summed E-state index contributed by atoms with van der Waals surface area (Å²) in [5.41, 5.74) is 0. The molecule has 1 aliphatic rings. The highest BCUT2D eigenvalue weighted by Gasteiger charge is 2.22. The molecule has 0 aliphatic carbocycles. The van der Waals surface area contributed by atoms with Crippen molar-refractivity contribution in [2.75, 3.05) is 18.4 Å². The Morgan fingerprint density at radius 2 is 2.00 bits per heavy atom. The van der Waals surface area contributed by atoms with Crippen LogP contribution < -0.4 is 5.32 Å². The van der Waals surface area contributed by atoms with Crippen molar-refractivity contribution in [3.8, 4) is 0 Å². The lowest BCUT2D eigenvalue weighted by Crippen LogP contribution is -2.42. The van der Waals surface area contributed by atoms with Gasteiger partial charge < -0.3 is 5.32 Å². The molecule has 0 unspecified atom stereocenters. The molecule has 0 radical (unpaired) electrons. The van der Waals surface area contributed by atoms with Gasteiger partial charge in [0.1, 0.15) is 5.82 Å². The number of hydrogen-bond acceptors (Lipinski definition) is 3. The average molecular weight is 282 g/mol. The molecule has 1 aliphatic heterocycles. The van der Waals surface area contributed by atoms with Crippen molar-refractivity contribution >= 4 is 23.3 Å². The maximum atomic E-state index is 12.2. The second kappa shape index (κ2) is 6.87. The Balaban J connectivity index is 1.92. The van der Waals surface area contributed by atoms with Gasteiger partial charge >= 0.3 is 0 Å². The lowest BCUT2D eigenvalue weighted by atomic mass is 10.2. The molecule has 0 bridgehead atoms. The summed E-state index contributed by atoms with van der Waals surface area (Å²) in [5.74, 6) is 0.549. The molecule has 5 heteroatoms. The average Bonchev–Trinajstić information content (AvgIpc) is 2.69. The van der Waals surface area contributed by atoms with Gasteiger partial charge in [0.25, 0.3) is 0 Å². The number of amides is 1. The molecule has 0 aromatic carbocycles. The minimum absolute atomic E-state index is 0.00303. The zero-order valence-corrected chi connectivity index (χ0v) is 12.0. The molecule has 1 aromatic heterocycles. The molecule has 104 valence electrons. The van der Waals surface area contributed by atoms with Gasteiger partial charge in [0.05, 0.1) is 11.1 Å². The summed E-state index contributed by atoms with van der Waals surface area (Å²) in [7, 11) is 0. The number of halogens is 1. The Bertz CT molecular complexity index is 413. The summed E-state index contributed by atoms with van der Waals surface area (Å²) >= 11 is 5.77. The van der Waals surface area contributed by atoms with Crippen LogP contribution in [-0.4, -0.2) is 34.9 Å². The third-order valence-corrected chi connectivity index (χ3v) is 3.77. The van der Waals surface area contributed by atoms with E-state index in [4.69, 9.17) is 11.6 Å². The first-order valence-electron chi connectivity index (χ1n) is 6.83. The predicted molar refractivity (Wildman–Crippen MR) is 77.4 cm³/mol. The number of aromatic nitrogens is 1. The van der Waals surface area contributed by atoms with Crippen LogP contribution in [0.4, 0.5) is 5.82 Å². The van der Waals surface area contributed by atoms with E-state index in [0.29, 0.717) is 10.8 Å². The zero-order valence-electron chi connectivity index (χ0n) is 11.2. The van der Waals surface area contributed by atoms with E-state index in [1.807, 2.05) is 6.92 Å². The van der Waals surface area contributed by atoms with Crippen molar-refractivity contribution < 1.29 is 4.79 Å². The smallest absolute Gasteiger partial charge is 0.242 e. The fourth-order valence-electron chi connectivity index (χ4n) is 2.33. The molecule has 19 heavy (non-hydrogen) atoms. The lowest BCUT2D eigenvalue weighted by molar-refractivity contribution is -0.120. The van der Waals surface area contributed by atoms with Crippen molar-refractivity contribution in [1.82, 2.24) is 9.88 Å². The van der Waals surface area contributed by atoms with Crippen LogP contribution in [0.2, 0.25) is 5.02 Å². The molecule has 1 saturated heterocycles. The van der Waals surface area contributed by atoms with Crippen LogP contribution in [0.5, 0.6) is 0 Å². The molecule has 1 fully saturated rings. The minimum Gasteiger partial charge on any atom is -0.309 e. The monoisotopic (exact) mass is 281 g/mol. The summed E-state index contributed by atoms with van der Waals surface area (Å²) in [6.45, 7) is 3.96. The van der Waals surface area contributed by atoms with E-state index >= 15 is 0 Å². The first kappa shape index (κ1) is 14.3. The van der Waals surface area contributed by atoms with Gasteiger partial charge in [-0.25, -0.2) is 4.98 Å². The molecule has 0 saturated carbocycles. The number of carbonyl (C=O) groups excluding carboxylic acids is 1. The standard InChI is InChI=1S/C14H20ClN3O/c1-11(18-8-4-2-3-5-9-18)14(19)17-13-7-6-12(15)10-16-13/h6-7,10-11H,2-5,8-9H2,1H3,(H,16,17,19)/t11-/m0/s1. The summed E-state index contributed by atoms with van der Waals surface area (Å²) in [4.78, 5) is 18.5. The number of anilines is 1. The summed E-state index contributed by atoms with van der Waals surface area (Å²) in [5, 5.41) is 3.40. The molecular formula is C14H20ClN3O. The van der Waals surface area contributed by atoms with Crippen molar-refractivity contribution in [3.63, 3.8) is 0 Å². The first-order valence-corrected chi connectivity index (χ1v) is 7.21. The fraction of sp³-hybridized carbons (Fsp3) is 0.571. The van der Waals surface area contributed by atoms with Crippen LogP contribution in [-0.2, 0) is 4.79 Å². The Labute approximate surface area is 119 Å². The highest BCUT2D eigenvalue weighted by atomic mass is 35.5. The van der Waals surface area contributed by atoms with E-state index in [9.17, 15) is 4.79 Å². The molecule has 1 amide bonds. The normalized spacial score (nSPS) is 18.6. The van der Waals surface area contributed by atoms with Gasteiger partial charge in [-0.2, -0.15) is 0 Å². The van der Waals surface area contributed by atoms with Crippen molar-refractivity contribution in [1.29, 1.82) is 0 Å². The maximum absolute atomic E-state index is 12.2. The number of pyridine rings is 1. The van der Waals surface area contributed by atoms with Crippen LogP contribution in [0, 0.1) is 0 Å². The fourth-order valence-corrected chi connectivity index (χ4v) is 2.44. The second-order valence-corrected chi connectivity index (χ2v) is 5.41. The largest absolute Gasteiger partial charge is 0.309 e. The number of nitrogens with zero attached hydrogens (tertiary/aromatic N) is 2. The zero-order chi connectivity index (χ0) is 13.7. The number of rotatable bonds is 3. The van der Waals surface area contributed by atoms with Crippen LogP contribution in [0.25, 0.3) is 0 Å². The van der Waals surface area contributed by atoms with Gasteiger partial charge in [-0.1, -0.05) is 24.4 Å². The van der Waals surface area contributed by atoms with E-state index in [1.165, 1.54) is 31.9 Å². The second-order valence-electron chi connectivity index (χ2n) is 4.98. The number of carbonyl (C=O) groups is 1. The predicted octanol–water partition coefficient (Wildman–Crippen LogP) is 2.94. The third kappa shape index (κ3) is 4.18. The van der Waals surface area contributed by atoms with Crippen LogP contribution in [0.3, 0.4) is 0 Å². The molecule has 4 nitrogen and oxygen atoms in total. The van der Waals surface area contributed by atoms with Gasteiger partial charge in [-0.15, -0.1) is 0 Å². The number of hydrogen-bond donors (Lipinski definition) is 1. The van der Waals surface area contributed by atoms with E-state index < -0.39 is 0 Å². The Morgan fingerprint density at radius 3 is 2.58 bits per heavy atom. The Morgan fingerprint density at radius 1 is 1.32 bits per heavy atom.